The first kappa shape index (κ1) is 23.7. The van der Waals surface area contributed by atoms with Crippen LogP contribution in [-0.4, -0.2) is 26.4 Å². The summed E-state index contributed by atoms with van der Waals surface area (Å²) in [5, 5.41) is 4.11. The standard InChI is InChI=1S/C27H33NO4S/c1-5-7-15-27(16-8-6-2)23-12-9-19(33(4,30)31)17-22(23)26-21-11-14-25(28-32-18(3)29)20(21)10-13-24(26)27/h9-10,12-13,17H,5-8,11,14-16H2,1-4H3. The van der Waals surface area contributed by atoms with Gasteiger partial charge in [0.25, 0.3) is 0 Å². The fraction of sp³-hybridized carbons (Fsp3) is 0.481. The van der Waals surface area contributed by atoms with E-state index < -0.39 is 15.8 Å². The second-order valence-corrected chi connectivity index (χ2v) is 11.4. The molecule has 0 N–H and O–H groups in total. The smallest absolute Gasteiger partial charge is 0.318 e. The van der Waals surface area contributed by atoms with E-state index in [0.29, 0.717) is 11.3 Å². The largest absolute Gasteiger partial charge is 0.331 e. The highest BCUT2D eigenvalue weighted by atomic mass is 32.2. The average Bonchev–Trinajstić information content (AvgIpc) is 3.31. The van der Waals surface area contributed by atoms with Crippen molar-refractivity contribution < 1.29 is 18.0 Å². The molecule has 0 aromatic heterocycles. The molecule has 176 valence electrons. The van der Waals surface area contributed by atoms with Crippen molar-refractivity contribution >= 4 is 21.5 Å². The van der Waals surface area contributed by atoms with Crippen LogP contribution >= 0.6 is 0 Å². The zero-order chi connectivity index (χ0) is 23.8. The topological polar surface area (TPSA) is 72.8 Å². The summed E-state index contributed by atoms with van der Waals surface area (Å²) in [6.45, 7) is 5.79. The van der Waals surface area contributed by atoms with Crippen LogP contribution in [0.5, 0.6) is 0 Å². The average molecular weight is 468 g/mol. The normalized spacial score (nSPS) is 17.0. The number of rotatable bonds is 8. The Morgan fingerprint density at radius 2 is 1.67 bits per heavy atom. The van der Waals surface area contributed by atoms with E-state index in [2.05, 4.69) is 37.2 Å². The molecule has 0 heterocycles. The minimum Gasteiger partial charge on any atom is -0.318 e. The van der Waals surface area contributed by atoms with Gasteiger partial charge in [-0.05, 0) is 65.6 Å². The lowest BCUT2D eigenvalue weighted by molar-refractivity contribution is -0.140. The lowest BCUT2D eigenvalue weighted by Crippen LogP contribution is -2.25. The van der Waals surface area contributed by atoms with Crippen molar-refractivity contribution in [2.24, 2.45) is 5.16 Å². The van der Waals surface area contributed by atoms with Gasteiger partial charge in [0.05, 0.1) is 10.6 Å². The van der Waals surface area contributed by atoms with Gasteiger partial charge in [0.15, 0.2) is 9.84 Å². The van der Waals surface area contributed by atoms with Gasteiger partial charge in [-0.3, -0.25) is 0 Å². The van der Waals surface area contributed by atoms with Crippen LogP contribution in [0.3, 0.4) is 0 Å². The highest BCUT2D eigenvalue weighted by molar-refractivity contribution is 7.90. The number of unbranched alkanes of at least 4 members (excludes halogenated alkanes) is 2. The van der Waals surface area contributed by atoms with Gasteiger partial charge in [-0.25, -0.2) is 13.2 Å². The summed E-state index contributed by atoms with van der Waals surface area (Å²) in [5.74, 6) is -0.432. The van der Waals surface area contributed by atoms with Gasteiger partial charge in [-0.15, -0.1) is 0 Å². The number of oxime groups is 1. The Morgan fingerprint density at radius 1 is 1.00 bits per heavy atom. The Hall–Kier alpha value is -2.47. The molecule has 33 heavy (non-hydrogen) atoms. The third-order valence-corrected chi connectivity index (χ3v) is 8.26. The second kappa shape index (κ2) is 9.05. The van der Waals surface area contributed by atoms with Crippen LogP contribution in [0.2, 0.25) is 0 Å². The van der Waals surface area contributed by atoms with Crippen molar-refractivity contribution in [2.75, 3.05) is 6.26 Å². The van der Waals surface area contributed by atoms with Crippen LogP contribution in [0.4, 0.5) is 0 Å². The molecule has 0 atom stereocenters. The molecule has 0 saturated heterocycles. The minimum absolute atomic E-state index is 0.0997. The molecule has 5 nitrogen and oxygen atoms in total. The molecule has 0 fully saturated rings. The molecule has 0 saturated carbocycles. The Morgan fingerprint density at radius 3 is 2.27 bits per heavy atom. The van der Waals surface area contributed by atoms with Crippen LogP contribution in [-0.2, 0) is 31.3 Å². The number of carbonyl (C=O) groups is 1. The SMILES string of the molecule is CCCCC1(CCCC)c2ccc(S(C)(=O)=O)cc2-c2c1ccc1c2CCC1=NOC(C)=O. The minimum atomic E-state index is -3.32. The maximum absolute atomic E-state index is 12.4. The third kappa shape index (κ3) is 4.14. The van der Waals surface area contributed by atoms with Crippen molar-refractivity contribution in [1.82, 2.24) is 0 Å². The lowest BCUT2D eigenvalue weighted by atomic mass is 9.70. The van der Waals surface area contributed by atoms with Gasteiger partial charge in [0, 0.05) is 24.2 Å². The number of sulfone groups is 1. The highest BCUT2D eigenvalue weighted by Gasteiger charge is 2.44. The molecule has 6 heteroatoms. The molecule has 0 bridgehead atoms. The van der Waals surface area contributed by atoms with E-state index in [1.165, 1.54) is 35.4 Å². The Labute approximate surface area is 197 Å². The van der Waals surface area contributed by atoms with Gasteiger partial charge < -0.3 is 4.84 Å². The zero-order valence-electron chi connectivity index (χ0n) is 20.0. The fourth-order valence-corrected chi connectivity index (χ4v) is 6.27. The monoisotopic (exact) mass is 467 g/mol. The molecule has 0 amide bonds. The number of benzene rings is 2. The summed E-state index contributed by atoms with van der Waals surface area (Å²) in [5.41, 5.74) is 7.68. The van der Waals surface area contributed by atoms with Crippen molar-refractivity contribution in [3.05, 3.63) is 52.6 Å². The molecule has 2 aromatic rings. The predicted octanol–water partition coefficient (Wildman–Crippen LogP) is 5.95. The third-order valence-electron chi connectivity index (χ3n) is 7.15. The fourth-order valence-electron chi connectivity index (χ4n) is 5.62. The lowest BCUT2D eigenvalue weighted by Gasteiger charge is -2.33. The van der Waals surface area contributed by atoms with E-state index in [1.807, 2.05) is 6.07 Å². The number of carbonyl (C=O) groups excluding carboxylic acids is 1. The molecule has 0 unspecified atom stereocenters. The van der Waals surface area contributed by atoms with E-state index in [9.17, 15) is 13.2 Å². The van der Waals surface area contributed by atoms with E-state index in [0.717, 1.165) is 61.8 Å². The van der Waals surface area contributed by atoms with Gasteiger partial charge in [0.2, 0.25) is 0 Å². The number of hydrogen-bond acceptors (Lipinski definition) is 5. The summed E-state index contributed by atoms with van der Waals surface area (Å²) in [7, 11) is -3.32. The number of fused-ring (bicyclic) bond motifs is 5. The van der Waals surface area contributed by atoms with E-state index in [1.54, 1.807) is 6.07 Å². The van der Waals surface area contributed by atoms with Crippen LogP contribution in [0.1, 0.15) is 88.0 Å². The molecular formula is C27H33NO4S. The first-order valence-corrected chi connectivity index (χ1v) is 13.9. The van der Waals surface area contributed by atoms with Gasteiger partial charge in [0.1, 0.15) is 0 Å². The molecule has 0 aliphatic heterocycles. The molecule has 0 radical (unpaired) electrons. The van der Waals surface area contributed by atoms with Gasteiger partial charge in [-0.1, -0.05) is 62.9 Å². The summed E-state index contributed by atoms with van der Waals surface area (Å²) in [6.07, 6.45) is 9.35. The van der Waals surface area contributed by atoms with Gasteiger partial charge in [-0.2, -0.15) is 0 Å². The molecule has 2 aliphatic carbocycles. The first-order chi connectivity index (χ1) is 15.7. The van der Waals surface area contributed by atoms with Crippen molar-refractivity contribution in [1.29, 1.82) is 0 Å². The molecule has 2 aliphatic rings. The second-order valence-electron chi connectivity index (χ2n) is 9.40. The van der Waals surface area contributed by atoms with Crippen molar-refractivity contribution in [2.45, 2.75) is 82.4 Å². The Balaban J connectivity index is 1.98. The van der Waals surface area contributed by atoms with Gasteiger partial charge >= 0.3 is 5.97 Å². The van der Waals surface area contributed by atoms with Crippen LogP contribution in [0.25, 0.3) is 11.1 Å². The summed E-state index contributed by atoms with van der Waals surface area (Å²) in [6, 6.07) is 10.1. The van der Waals surface area contributed by atoms with Crippen LogP contribution in [0.15, 0.2) is 40.4 Å². The zero-order valence-corrected chi connectivity index (χ0v) is 20.8. The highest BCUT2D eigenvalue weighted by Crippen LogP contribution is 2.56. The maximum atomic E-state index is 12.4. The number of nitrogens with zero attached hydrogens (tertiary/aromatic N) is 1. The van der Waals surface area contributed by atoms with Crippen molar-refractivity contribution in [3.63, 3.8) is 0 Å². The quantitative estimate of drug-likeness (QED) is 0.355. The van der Waals surface area contributed by atoms with E-state index in [-0.39, 0.29) is 5.41 Å². The first-order valence-electron chi connectivity index (χ1n) is 12.0. The molecule has 2 aromatic carbocycles. The Bertz CT molecular complexity index is 1220. The van der Waals surface area contributed by atoms with Crippen molar-refractivity contribution in [3.8, 4) is 11.1 Å². The summed E-state index contributed by atoms with van der Waals surface area (Å²) in [4.78, 5) is 16.6. The predicted molar refractivity (Wildman–Crippen MR) is 131 cm³/mol. The maximum Gasteiger partial charge on any atom is 0.331 e. The number of hydrogen-bond donors (Lipinski definition) is 0. The molecule has 4 rings (SSSR count). The molecule has 0 spiro atoms. The van der Waals surface area contributed by atoms with Crippen LogP contribution < -0.4 is 0 Å². The molecular weight excluding hydrogens is 434 g/mol. The van der Waals surface area contributed by atoms with E-state index in [4.69, 9.17) is 4.84 Å². The van der Waals surface area contributed by atoms with E-state index >= 15 is 0 Å². The van der Waals surface area contributed by atoms with Crippen LogP contribution in [0, 0.1) is 0 Å². The Kier molecular flexibility index (Phi) is 6.50. The summed E-state index contributed by atoms with van der Waals surface area (Å²) < 4.78 is 24.8. The summed E-state index contributed by atoms with van der Waals surface area (Å²) >= 11 is 0.